The van der Waals surface area contributed by atoms with Gasteiger partial charge in [-0.2, -0.15) is 0 Å². The third-order valence-electron chi connectivity index (χ3n) is 4.44. The number of ketones is 1. The number of benzene rings is 1. The van der Waals surface area contributed by atoms with Crippen molar-refractivity contribution in [1.82, 2.24) is 15.0 Å². The molecule has 162 valence electrons. The van der Waals surface area contributed by atoms with E-state index in [4.69, 9.17) is 4.74 Å². The fourth-order valence-electron chi connectivity index (χ4n) is 2.93. The van der Waals surface area contributed by atoms with Gasteiger partial charge in [-0.3, -0.25) is 9.59 Å². The Kier molecular flexibility index (Phi) is 7.90. The summed E-state index contributed by atoms with van der Waals surface area (Å²) < 4.78 is 31.4. The van der Waals surface area contributed by atoms with Crippen LogP contribution in [0.5, 0.6) is 0 Å². The van der Waals surface area contributed by atoms with E-state index in [0.29, 0.717) is 5.56 Å². The average molecular weight is 436 g/mol. The van der Waals surface area contributed by atoms with E-state index in [-0.39, 0.29) is 48.0 Å². The van der Waals surface area contributed by atoms with Gasteiger partial charge in [-0.15, -0.1) is 0 Å². The molecular weight excluding hydrogens is 410 g/mol. The van der Waals surface area contributed by atoms with E-state index in [1.165, 1.54) is 14.0 Å². The number of hydrogen-bond acceptors (Lipinski definition) is 6. The second-order valence-electron chi connectivity index (χ2n) is 6.68. The minimum absolute atomic E-state index is 0.101. The molecule has 0 radical (unpaired) electrons. The maximum atomic E-state index is 12.2. The molecule has 3 N–H and O–H groups in total. The summed E-state index contributed by atoms with van der Waals surface area (Å²) in [6.07, 6.45) is -0.226. The van der Waals surface area contributed by atoms with E-state index in [0.717, 1.165) is 5.56 Å². The van der Waals surface area contributed by atoms with Crippen molar-refractivity contribution in [3.63, 3.8) is 0 Å². The van der Waals surface area contributed by atoms with Crippen molar-refractivity contribution in [2.45, 2.75) is 26.8 Å². The Hall–Kier alpha value is -2.98. The zero-order valence-corrected chi connectivity index (χ0v) is 17.9. The number of carbonyl (C=O) groups excluding carboxylic acids is 3. The number of esters is 1. The number of ether oxygens (including phenoxy) is 1. The van der Waals surface area contributed by atoms with Crippen LogP contribution < -0.4 is 10.0 Å². The summed E-state index contributed by atoms with van der Waals surface area (Å²) in [6, 6.07) is 9.07. The Morgan fingerprint density at radius 1 is 1.13 bits per heavy atom. The average Bonchev–Trinajstić information content (AvgIpc) is 3.02. The highest BCUT2D eigenvalue weighted by Gasteiger charge is 2.24. The number of aromatic nitrogens is 1. The van der Waals surface area contributed by atoms with Crippen molar-refractivity contribution < 1.29 is 27.5 Å². The van der Waals surface area contributed by atoms with Gasteiger partial charge >= 0.3 is 5.97 Å². The summed E-state index contributed by atoms with van der Waals surface area (Å²) in [4.78, 5) is 38.8. The van der Waals surface area contributed by atoms with Crippen LogP contribution in [-0.4, -0.2) is 50.5 Å². The summed E-state index contributed by atoms with van der Waals surface area (Å²) in [5, 5.41) is 2.51. The van der Waals surface area contributed by atoms with Gasteiger partial charge in [-0.05, 0) is 18.1 Å². The van der Waals surface area contributed by atoms with Gasteiger partial charge in [0.05, 0.1) is 30.5 Å². The predicted molar refractivity (Wildman–Crippen MR) is 111 cm³/mol. The minimum atomic E-state index is -3.58. The molecule has 0 bridgehead atoms. The summed E-state index contributed by atoms with van der Waals surface area (Å²) in [6.45, 7) is 2.99. The maximum absolute atomic E-state index is 12.2. The first-order valence-electron chi connectivity index (χ1n) is 9.23. The van der Waals surface area contributed by atoms with E-state index in [2.05, 4.69) is 15.0 Å². The number of methoxy groups -OCH3 is 1. The second kappa shape index (κ2) is 10.2. The monoisotopic (exact) mass is 435 g/mol. The summed E-state index contributed by atoms with van der Waals surface area (Å²) >= 11 is 0. The van der Waals surface area contributed by atoms with Gasteiger partial charge in [0.2, 0.25) is 15.9 Å². The molecule has 0 saturated carbocycles. The molecule has 9 nitrogen and oxygen atoms in total. The number of amides is 1. The van der Waals surface area contributed by atoms with E-state index >= 15 is 0 Å². The molecule has 1 heterocycles. The first-order chi connectivity index (χ1) is 14.1. The van der Waals surface area contributed by atoms with Crippen molar-refractivity contribution in [3.8, 4) is 0 Å². The first-order valence-corrected chi connectivity index (χ1v) is 10.9. The Labute approximate surface area is 175 Å². The van der Waals surface area contributed by atoms with Gasteiger partial charge in [0.1, 0.15) is 0 Å². The van der Waals surface area contributed by atoms with Crippen molar-refractivity contribution in [2.75, 3.05) is 19.4 Å². The van der Waals surface area contributed by atoms with Crippen LogP contribution >= 0.6 is 0 Å². The van der Waals surface area contributed by atoms with Crippen LogP contribution in [0.4, 0.5) is 0 Å². The molecule has 0 atom stereocenters. The molecule has 2 aromatic rings. The topological polar surface area (TPSA) is 134 Å². The lowest BCUT2D eigenvalue weighted by Gasteiger charge is -2.08. The van der Waals surface area contributed by atoms with Crippen molar-refractivity contribution in [3.05, 3.63) is 58.4 Å². The number of sulfonamides is 1. The Balaban J connectivity index is 1.94. The minimum Gasteiger partial charge on any atom is -0.465 e. The number of Topliss-reactive ketones (excluding diaryl/α,β-unsaturated/α-hetero) is 1. The molecule has 30 heavy (non-hydrogen) atoms. The Morgan fingerprint density at radius 2 is 1.80 bits per heavy atom. The number of rotatable bonds is 10. The molecule has 0 saturated heterocycles. The van der Waals surface area contributed by atoms with Crippen LogP contribution in [-0.2, 0) is 32.5 Å². The van der Waals surface area contributed by atoms with Crippen LogP contribution in [0.25, 0.3) is 0 Å². The molecule has 0 aliphatic carbocycles. The summed E-state index contributed by atoms with van der Waals surface area (Å²) in [7, 11) is -2.37. The van der Waals surface area contributed by atoms with E-state index in [9.17, 15) is 22.8 Å². The summed E-state index contributed by atoms with van der Waals surface area (Å²) in [5.41, 5.74) is 1.83. The van der Waals surface area contributed by atoms with Gasteiger partial charge in [-0.25, -0.2) is 17.9 Å². The predicted octanol–water partition coefficient (Wildman–Crippen LogP) is 1.09. The number of nitrogens with one attached hydrogen (secondary N) is 3. The molecule has 1 aromatic heterocycles. The lowest BCUT2D eigenvalue weighted by molar-refractivity contribution is -0.120. The third kappa shape index (κ3) is 6.26. The van der Waals surface area contributed by atoms with Crippen LogP contribution in [0.15, 0.2) is 30.3 Å². The van der Waals surface area contributed by atoms with Crippen LogP contribution in [0.1, 0.15) is 44.6 Å². The van der Waals surface area contributed by atoms with Crippen molar-refractivity contribution >= 4 is 27.7 Å². The molecule has 0 unspecified atom stereocenters. The fourth-order valence-corrected chi connectivity index (χ4v) is 3.83. The normalized spacial score (nSPS) is 11.2. The van der Waals surface area contributed by atoms with Crippen molar-refractivity contribution in [1.29, 1.82) is 0 Å². The van der Waals surface area contributed by atoms with Crippen molar-refractivity contribution in [2.24, 2.45) is 0 Å². The molecule has 0 fully saturated rings. The van der Waals surface area contributed by atoms with Gasteiger partial charge in [0.15, 0.2) is 5.78 Å². The Morgan fingerprint density at radius 3 is 2.40 bits per heavy atom. The second-order valence-corrected chi connectivity index (χ2v) is 8.61. The molecule has 1 aromatic carbocycles. The lowest BCUT2D eigenvalue weighted by atomic mass is 10.1. The number of H-pyrrole nitrogens is 1. The van der Waals surface area contributed by atoms with E-state index in [1.54, 1.807) is 19.1 Å². The molecule has 0 aliphatic heterocycles. The highest BCUT2D eigenvalue weighted by molar-refractivity contribution is 7.89. The standard InChI is InChI=1S/C20H25N3O6S/c1-13-18(20(26)29-3)16(23-19(13)14(2)24)11-17(25)21-9-10-30(27,28)22-12-15-7-5-4-6-8-15/h4-8,22-23H,9-12H2,1-3H3,(H,21,25). The fraction of sp³-hybridized carbons (Fsp3) is 0.350. The third-order valence-corrected chi connectivity index (χ3v) is 5.76. The van der Waals surface area contributed by atoms with Crippen LogP contribution in [0, 0.1) is 6.92 Å². The molecule has 10 heteroatoms. The highest BCUT2D eigenvalue weighted by Crippen LogP contribution is 2.20. The van der Waals surface area contributed by atoms with Gasteiger partial charge in [0, 0.05) is 25.7 Å². The molecule has 2 rings (SSSR count). The summed E-state index contributed by atoms with van der Waals surface area (Å²) in [5.74, 6) is -1.72. The SMILES string of the molecule is COC(=O)c1c(CC(=O)NCCS(=O)(=O)NCc2ccccc2)[nH]c(C(C)=O)c1C. The quantitative estimate of drug-likeness (QED) is 0.378. The smallest absolute Gasteiger partial charge is 0.339 e. The van der Waals surface area contributed by atoms with Crippen LogP contribution in [0.3, 0.4) is 0 Å². The van der Waals surface area contributed by atoms with Crippen LogP contribution in [0.2, 0.25) is 0 Å². The number of carbonyl (C=O) groups is 3. The lowest BCUT2D eigenvalue weighted by Crippen LogP contribution is -2.35. The highest BCUT2D eigenvalue weighted by atomic mass is 32.2. The first kappa shape index (κ1) is 23.3. The molecule has 1 amide bonds. The number of aromatic amines is 1. The van der Waals surface area contributed by atoms with Gasteiger partial charge in [0.25, 0.3) is 0 Å². The largest absolute Gasteiger partial charge is 0.465 e. The zero-order chi connectivity index (χ0) is 22.3. The Bertz CT molecular complexity index is 1030. The van der Waals surface area contributed by atoms with Gasteiger partial charge < -0.3 is 15.0 Å². The van der Waals surface area contributed by atoms with E-state index < -0.39 is 21.9 Å². The molecule has 0 aliphatic rings. The number of hydrogen-bond donors (Lipinski definition) is 3. The van der Waals surface area contributed by atoms with Gasteiger partial charge in [-0.1, -0.05) is 30.3 Å². The molecule has 0 spiro atoms. The maximum Gasteiger partial charge on any atom is 0.339 e. The zero-order valence-electron chi connectivity index (χ0n) is 17.1. The van der Waals surface area contributed by atoms with E-state index in [1.807, 2.05) is 18.2 Å². The molecular formula is C20H25N3O6S.